The van der Waals surface area contributed by atoms with Gasteiger partial charge in [0.25, 0.3) is 0 Å². The molecule has 20 heavy (non-hydrogen) atoms. The van der Waals surface area contributed by atoms with Crippen LogP contribution in [0.5, 0.6) is 0 Å². The van der Waals surface area contributed by atoms with Crippen LogP contribution in [-0.4, -0.2) is 17.9 Å². The molecule has 0 aliphatic heterocycles. The fourth-order valence-corrected chi connectivity index (χ4v) is 2.42. The first kappa shape index (κ1) is 14.5. The Morgan fingerprint density at radius 1 is 1.20 bits per heavy atom. The topological polar surface area (TPSA) is 84.2 Å². The summed E-state index contributed by atoms with van der Waals surface area (Å²) in [5, 5.41) is 0. The zero-order chi connectivity index (χ0) is 14.5. The van der Waals surface area contributed by atoms with Crippen molar-refractivity contribution in [2.24, 2.45) is 11.7 Å². The molecule has 2 rings (SSSR count). The third-order valence-corrected chi connectivity index (χ3v) is 3.65. The fourth-order valence-electron chi connectivity index (χ4n) is 2.42. The smallest absolute Gasteiger partial charge is 0.242 e. The largest absolute Gasteiger partial charge is 0.328 e. The summed E-state index contributed by atoms with van der Waals surface area (Å²) < 4.78 is 0. The Labute approximate surface area is 118 Å². The Bertz CT molecular complexity index is 484. The van der Waals surface area contributed by atoms with E-state index in [9.17, 15) is 9.59 Å². The monoisotopic (exact) mass is 275 g/mol. The lowest BCUT2D eigenvalue weighted by atomic mass is 10.1. The molecule has 0 saturated heterocycles. The molecule has 1 aromatic carbocycles. The van der Waals surface area contributed by atoms with Crippen LogP contribution in [0.4, 0.5) is 0 Å². The number of benzene rings is 1. The molecule has 0 bridgehead atoms. The van der Waals surface area contributed by atoms with Crippen molar-refractivity contribution in [1.82, 2.24) is 10.9 Å². The van der Waals surface area contributed by atoms with Crippen LogP contribution in [0, 0.1) is 12.8 Å². The van der Waals surface area contributed by atoms with Gasteiger partial charge in [0.05, 0.1) is 6.42 Å². The van der Waals surface area contributed by atoms with E-state index in [0.717, 1.165) is 24.0 Å². The summed E-state index contributed by atoms with van der Waals surface area (Å²) in [6.45, 7) is 2.00. The Morgan fingerprint density at radius 3 is 2.50 bits per heavy atom. The molecule has 1 fully saturated rings. The first-order valence-electron chi connectivity index (χ1n) is 6.94. The second-order valence-corrected chi connectivity index (χ2v) is 5.47. The number of hydrazine groups is 1. The summed E-state index contributed by atoms with van der Waals surface area (Å²) in [6.07, 6.45) is 2.61. The lowest BCUT2D eigenvalue weighted by Crippen LogP contribution is -2.44. The van der Waals surface area contributed by atoms with Gasteiger partial charge in [0.2, 0.25) is 11.8 Å². The minimum Gasteiger partial charge on any atom is -0.328 e. The van der Waals surface area contributed by atoms with Gasteiger partial charge in [-0.2, -0.15) is 0 Å². The number of nitrogens with one attached hydrogen (secondary N) is 2. The molecule has 5 heteroatoms. The van der Waals surface area contributed by atoms with Gasteiger partial charge < -0.3 is 5.73 Å². The molecule has 2 amide bonds. The number of carbonyl (C=O) groups is 2. The van der Waals surface area contributed by atoms with E-state index in [1.165, 1.54) is 0 Å². The molecule has 1 aromatic rings. The molecule has 1 saturated carbocycles. The van der Waals surface area contributed by atoms with Crippen molar-refractivity contribution in [1.29, 1.82) is 0 Å². The Balaban J connectivity index is 1.75. The van der Waals surface area contributed by atoms with Crippen LogP contribution in [0.25, 0.3) is 0 Å². The maximum absolute atomic E-state index is 11.8. The van der Waals surface area contributed by atoms with Crippen molar-refractivity contribution in [2.45, 2.75) is 38.6 Å². The van der Waals surface area contributed by atoms with Crippen LogP contribution in [0.3, 0.4) is 0 Å². The molecule has 0 spiro atoms. The van der Waals surface area contributed by atoms with Gasteiger partial charge in [-0.3, -0.25) is 20.4 Å². The lowest BCUT2D eigenvalue weighted by Gasteiger charge is -2.11. The first-order chi connectivity index (χ1) is 9.54. The molecule has 0 heterocycles. The summed E-state index contributed by atoms with van der Waals surface area (Å²) in [5.41, 5.74) is 12.8. The van der Waals surface area contributed by atoms with Crippen LogP contribution in [0.15, 0.2) is 24.3 Å². The quantitative estimate of drug-likeness (QED) is 0.714. The predicted octanol–water partition coefficient (Wildman–Crippen LogP) is 0.812. The third-order valence-electron chi connectivity index (χ3n) is 3.65. The van der Waals surface area contributed by atoms with Crippen molar-refractivity contribution in [3.63, 3.8) is 0 Å². The zero-order valence-corrected chi connectivity index (χ0v) is 11.7. The molecule has 0 aromatic heterocycles. The van der Waals surface area contributed by atoms with Crippen molar-refractivity contribution in [2.75, 3.05) is 0 Å². The highest BCUT2D eigenvalue weighted by Crippen LogP contribution is 2.23. The maximum atomic E-state index is 11.8. The molecule has 4 N–H and O–H groups in total. The lowest BCUT2D eigenvalue weighted by molar-refractivity contribution is -0.130. The van der Waals surface area contributed by atoms with Gasteiger partial charge in [-0.1, -0.05) is 29.8 Å². The summed E-state index contributed by atoms with van der Waals surface area (Å²) >= 11 is 0. The van der Waals surface area contributed by atoms with Crippen LogP contribution in [0.1, 0.15) is 30.4 Å². The number of aryl methyl sites for hydroxylation is 1. The average molecular weight is 275 g/mol. The standard InChI is InChI=1S/C15H21N3O2/c1-10-2-4-11(5-3-10)8-14(19)17-18-15(20)12-6-7-13(16)9-12/h2-5,12-13H,6-9,16H2,1H3,(H,17,19)(H,18,20)/t12-,13-/m0/s1. The summed E-state index contributed by atoms with van der Waals surface area (Å²) in [4.78, 5) is 23.5. The van der Waals surface area contributed by atoms with Crippen molar-refractivity contribution >= 4 is 11.8 Å². The van der Waals surface area contributed by atoms with Crippen molar-refractivity contribution in [3.8, 4) is 0 Å². The number of nitrogens with two attached hydrogens (primary N) is 1. The van der Waals surface area contributed by atoms with Gasteiger partial charge in [0, 0.05) is 12.0 Å². The van der Waals surface area contributed by atoms with E-state index in [0.29, 0.717) is 6.42 Å². The van der Waals surface area contributed by atoms with Gasteiger partial charge in [-0.15, -0.1) is 0 Å². The molecular weight excluding hydrogens is 254 g/mol. The summed E-state index contributed by atoms with van der Waals surface area (Å²) in [5.74, 6) is -0.440. The molecule has 1 aliphatic carbocycles. The molecule has 108 valence electrons. The Hall–Kier alpha value is -1.88. The van der Waals surface area contributed by atoms with E-state index in [1.54, 1.807) is 0 Å². The van der Waals surface area contributed by atoms with Gasteiger partial charge in [-0.05, 0) is 31.7 Å². The van der Waals surface area contributed by atoms with Gasteiger partial charge >= 0.3 is 0 Å². The molecule has 0 radical (unpaired) electrons. The molecular formula is C15H21N3O2. The number of rotatable bonds is 3. The van der Waals surface area contributed by atoms with Gasteiger partial charge in [0.15, 0.2) is 0 Å². The molecule has 1 aliphatic rings. The van der Waals surface area contributed by atoms with Crippen LogP contribution >= 0.6 is 0 Å². The van der Waals surface area contributed by atoms with Crippen molar-refractivity contribution in [3.05, 3.63) is 35.4 Å². The minimum atomic E-state index is -0.218. The van der Waals surface area contributed by atoms with E-state index in [2.05, 4.69) is 10.9 Å². The van der Waals surface area contributed by atoms with E-state index >= 15 is 0 Å². The maximum Gasteiger partial charge on any atom is 0.242 e. The van der Waals surface area contributed by atoms with Crippen LogP contribution in [0.2, 0.25) is 0 Å². The summed E-state index contributed by atoms with van der Waals surface area (Å²) in [7, 11) is 0. The van der Waals surface area contributed by atoms with Gasteiger partial charge in [-0.25, -0.2) is 0 Å². The summed E-state index contributed by atoms with van der Waals surface area (Å²) in [6, 6.07) is 7.84. The highest BCUT2D eigenvalue weighted by Gasteiger charge is 2.27. The second-order valence-electron chi connectivity index (χ2n) is 5.47. The van der Waals surface area contributed by atoms with Crippen LogP contribution in [-0.2, 0) is 16.0 Å². The Morgan fingerprint density at radius 2 is 1.90 bits per heavy atom. The van der Waals surface area contributed by atoms with Crippen LogP contribution < -0.4 is 16.6 Å². The third kappa shape index (κ3) is 4.06. The normalized spacial score (nSPS) is 21.5. The van der Waals surface area contributed by atoms with Crippen molar-refractivity contribution < 1.29 is 9.59 Å². The number of carbonyl (C=O) groups excluding carboxylic acids is 2. The highest BCUT2D eigenvalue weighted by molar-refractivity contribution is 5.84. The highest BCUT2D eigenvalue weighted by atomic mass is 16.2. The minimum absolute atomic E-state index is 0.0790. The Kier molecular flexibility index (Phi) is 4.74. The average Bonchev–Trinajstić information content (AvgIpc) is 2.85. The molecule has 2 atom stereocenters. The second kappa shape index (κ2) is 6.52. The number of hydrogen-bond donors (Lipinski definition) is 3. The molecule has 0 unspecified atom stereocenters. The fraction of sp³-hybridized carbons (Fsp3) is 0.467. The number of amides is 2. The predicted molar refractivity (Wildman–Crippen MR) is 76.5 cm³/mol. The first-order valence-corrected chi connectivity index (χ1v) is 6.94. The van der Waals surface area contributed by atoms with Gasteiger partial charge in [0.1, 0.15) is 0 Å². The SMILES string of the molecule is Cc1ccc(CC(=O)NNC(=O)[C@H]2CC[C@H](N)C2)cc1. The van der Waals surface area contributed by atoms with E-state index in [-0.39, 0.29) is 30.2 Å². The van der Waals surface area contributed by atoms with E-state index in [1.807, 2.05) is 31.2 Å². The van der Waals surface area contributed by atoms with E-state index in [4.69, 9.17) is 5.73 Å². The molecule has 5 nitrogen and oxygen atoms in total. The van der Waals surface area contributed by atoms with E-state index < -0.39 is 0 Å². The number of hydrogen-bond acceptors (Lipinski definition) is 3. The zero-order valence-electron chi connectivity index (χ0n) is 11.7.